The highest BCUT2D eigenvalue weighted by Gasteiger charge is 2.11. The maximum absolute atomic E-state index is 6.22. The summed E-state index contributed by atoms with van der Waals surface area (Å²) in [5.74, 6) is 0. The van der Waals surface area contributed by atoms with Crippen LogP contribution in [-0.2, 0) is 6.54 Å². The van der Waals surface area contributed by atoms with Gasteiger partial charge in [-0.25, -0.2) is 0 Å². The third kappa shape index (κ3) is 3.72. The van der Waals surface area contributed by atoms with Gasteiger partial charge in [0, 0.05) is 22.7 Å². The van der Waals surface area contributed by atoms with Gasteiger partial charge in [-0.3, -0.25) is 5.10 Å². The zero-order valence-corrected chi connectivity index (χ0v) is 12.4. The molecule has 0 saturated carbocycles. The smallest absolute Gasteiger partial charge is 0.0710 e. The molecule has 0 unspecified atom stereocenters. The lowest BCUT2D eigenvalue weighted by atomic mass is 10.1. The van der Waals surface area contributed by atoms with Gasteiger partial charge in [0.25, 0.3) is 0 Å². The highest BCUT2D eigenvalue weighted by atomic mass is 35.5. The highest BCUT2D eigenvalue weighted by Crippen LogP contribution is 2.30. The van der Waals surface area contributed by atoms with Crippen molar-refractivity contribution in [2.45, 2.75) is 26.3 Å². The molecule has 0 spiro atoms. The number of rotatable bonds is 6. The van der Waals surface area contributed by atoms with Crippen LogP contribution in [-0.4, -0.2) is 16.7 Å². The molecular weight excluding hydrogens is 281 g/mol. The first-order valence-electron chi connectivity index (χ1n) is 6.40. The molecule has 102 valence electrons. The molecular formula is C14H17Cl2N3. The van der Waals surface area contributed by atoms with Crippen LogP contribution in [0.4, 0.5) is 0 Å². The van der Waals surface area contributed by atoms with E-state index in [-0.39, 0.29) is 0 Å². The quantitative estimate of drug-likeness (QED) is 0.782. The lowest BCUT2D eigenvalue weighted by molar-refractivity contribution is 0.642. The summed E-state index contributed by atoms with van der Waals surface area (Å²) in [6, 6.07) is 5.49. The van der Waals surface area contributed by atoms with Gasteiger partial charge in [-0.1, -0.05) is 36.5 Å². The maximum atomic E-state index is 6.22. The number of hydrogen-bond donors (Lipinski definition) is 2. The topological polar surface area (TPSA) is 40.7 Å². The number of hydrogen-bond acceptors (Lipinski definition) is 2. The summed E-state index contributed by atoms with van der Waals surface area (Å²) in [5.41, 5.74) is 2.99. The number of H-pyrrole nitrogens is 1. The Bertz CT molecular complexity index is 537. The standard InChI is InChI=1S/C14H17Cl2N3/c1-2-3-6-17-8-10-9-18-19-14(10)12-5-4-11(15)7-13(12)16/h4-5,7,9,17H,2-3,6,8H2,1H3,(H,18,19). The van der Waals surface area contributed by atoms with E-state index in [4.69, 9.17) is 23.2 Å². The summed E-state index contributed by atoms with van der Waals surface area (Å²) < 4.78 is 0. The number of nitrogens with one attached hydrogen (secondary N) is 2. The fourth-order valence-corrected chi connectivity index (χ4v) is 2.40. The van der Waals surface area contributed by atoms with Crippen molar-refractivity contribution in [3.63, 3.8) is 0 Å². The zero-order valence-electron chi connectivity index (χ0n) is 10.8. The minimum Gasteiger partial charge on any atom is -0.313 e. The minimum atomic E-state index is 0.631. The molecule has 0 atom stereocenters. The van der Waals surface area contributed by atoms with Gasteiger partial charge >= 0.3 is 0 Å². The van der Waals surface area contributed by atoms with Crippen LogP contribution in [0.2, 0.25) is 10.0 Å². The Morgan fingerprint density at radius 2 is 2.16 bits per heavy atom. The second-order valence-corrected chi connectivity index (χ2v) is 5.27. The second kappa shape index (κ2) is 6.94. The first-order valence-corrected chi connectivity index (χ1v) is 7.16. The minimum absolute atomic E-state index is 0.631. The molecule has 2 aromatic rings. The number of halogens is 2. The molecule has 0 amide bonds. The molecule has 1 aromatic carbocycles. The number of nitrogens with zero attached hydrogens (tertiary/aromatic N) is 1. The van der Waals surface area contributed by atoms with Gasteiger partial charge in [-0.15, -0.1) is 0 Å². The fourth-order valence-electron chi connectivity index (χ4n) is 1.90. The normalized spacial score (nSPS) is 10.9. The summed E-state index contributed by atoms with van der Waals surface area (Å²) >= 11 is 12.1. The van der Waals surface area contributed by atoms with E-state index in [2.05, 4.69) is 22.4 Å². The van der Waals surface area contributed by atoms with Crippen LogP contribution in [0.1, 0.15) is 25.3 Å². The van der Waals surface area contributed by atoms with Gasteiger partial charge in [0.15, 0.2) is 0 Å². The van der Waals surface area contributed by atoms with E-state index in [1.54, 1.807) is 6.07 Å². The lowest BCUT2D eigenvalue weighted by Gasteiger charge is -2.07. The second-order valence-electron chi connectivity index (χ2n) is 4.42. The van der Waals surface area contributed by atoms with Crippen molar-refractivity contribution in [2.24, 2.45) is 0 Å². The fraction of sp³-hybridized carbons (Fsp3) is 0.357. The van der Waals surface area contributed by atoms with E-state index in [1.807, 2.05) is 18.3 Å². The Morgan fingerprint density at radius 1 is 1.32 bits per heavy atom. The summed E-state index contributed by atoms with van der Waals surface area (Å²) in [6.07, 6.45) is 4.20. The van der Waals surface area contributed by atoms with E-state index in [0.29, 0.717) is 10.0 Å². The summed E-state index contributed by atoms with van der Waals surface area (Å²) in [6.45, 7) is 3.97. The van der Waals surface area contributed by atoms with Crippen molar-refractivity contribution in [1.82, 2.24) is 15.5 Å². The summed E-state index contributed by atoms with van der Waals surface area (Å²) in [4.78, 5) is 0. The van der Waals surface area contributed by atoms with Gasteiger partial charge < -0.3 is 5.32 Å². The van der Waals surface area contributed by atoms with Crippen molar-refractivity contribution >= 4 is 23.2 Å². The van der Waals surface area contributed by atoms with Crippen LogP contribution in [0.5, 0.6) is 0 Å². The molecule has 1 aromatic heterocycles. The Kier molecular flexibility index (Phi) is 5.25. The molecule has 0 aliphatic heterocycles. The predicted molar refractivity (Wildman–Crippen MR) is 80.7 cm³/mol. The molecule has 2 rings (SSSR count). The molecule has 0 fully saturated rings. The molecule has 5 heteroatoms. The summed E-state index contributed by atoms with van der Waals surface area (Å²) in [5, 5.41) is 11.8. The van der Waals surface area contributed by atoms with Crippen molar-refractivity contribution in [2.75, 3.05) is 6.54 Å². The molecule has 0 bridgehead atoms. The first-order chi connectivity index (χ1) is 9.22. The molecule has 3 nitrogen and oxygen atoms in total. The molecule has 1 heterocycles. The van der Waals surface area contributed by atoms with Crippen LogP contribution in [0, 0.1) is 0 Å². The average Bonchev–Trinajstić information content (AvgIpc) is 2.83. The molecule has 0 radical (unpaired) electrons. The molecule has 0 aliphatic carbocycles. The number of aromatic nitrogens is 2. The molecule has 0 aliphatic rings. The van der Waals surface area contributed by atoms with Crippen LogP contribution in [0.3, 0.4) is 0 Å². The Balaban J connectivity index is 2.14. The van der Waals surface area contributed by atoms with Crippen LogP contribution in [0.15, 0.2) is 24.4 Å². The van der Waals surface area contributed by atoms with Crippen molar-refractivity contribution in [1.29, 1.82) is 0 Å². The van der Waals surface area contributed by atoms with Crippen molar-refractivity contribution in [3.05, 3.63) is 40.0 Å². The number of unbranched alkanes of at least 4 members (excludes halogenated alkanes) is 1. The van der Waals surface area contributed by atoms with Crippen LogP contribution < -0.4 is 5.32 Å². The molecule has 0 saturated heterocycles. The van der Waals surface area contributed by atoms with Gasteiger partial charge in [0.1, 0.15) is 0 Å². The molecule has 19 heavy (non-hydrogen) atoms. The van der Waals surface area contributed by atoms with Gasteiger partial charge in [-0.2, -0.15) is 5.10 Å². The van der Waals surface area contributed by atoms with E-state index >= 15 is 0 Å². The largest absolute Gasteiger partial charge is 0.313 e. The van der Waals surface area contributed by atoms with Crippen LogP contribution in [0.25, 0.3) is 11.3 Å². The van der Waals surface area contributed by atoms with Crippen LogP contribution >= 0.6 is 23.2 Å². The Hall–Kier alpha value is -1.03. The monoisotopic (exact) mass is 297 g/mol. The van der Waals surface area contributed by atoms with E-state index in [9.17, 15) is 0 Å². The predicted octanol–water partition coefficient (Wildman–Crippen LogP) is 4.27. The van der Waals surface area contributed by atoms with E-state index in [0.717, 1.165) is 29.9 Å². The lowest BCUT2D eigenvalue weighted by Crippen LogP contribution is -2.14. The number of aromatic amines is 1. The van der Waals surface area contributed by atoms with E-state index in [1.165, 1.54) is 12.8 Å². The Morgan fingerprint density at radius 3 is 2.89 bits per heavy atom. The Labute approximate surface area is 123 Å². The maximum Gasteiger partial charge on any atom is 0.0710 e. The summed E-state index contributed by atoms with van der Waals surface area (Å²) in [7, 11) is 0. The van der Waals surface area contributed by atoms with Crippen molar-refractivity contribution < 1.29 is 0 Å². The van der Waals surface area contributed by atoms with Gasteiger partial charge in [-0.05, 0) is 31.2 Å². The van der Waals surface area contributed by atoms with Gasteiger partial charge in [0.2, 0.25) is 0 Å². The molecule has 2 N–H and O–H groups in total. The number of benzene rings is 1. The third-order valence-corrected chi connectivity index (χ3v) is 3.49. The average molecular weight is 298 g/mol. The SMILES string of the molecule is CCCCNCc1cn[nH]c1-c1ccc(Cl)cc1Cl. The van der Waals surface area contributed by atoms with E-state index < -0.39 is 0 Å². The highest BCUT2D eigenvalue weighted by molar-refractivity contribution is 6.36. The first kappa shape index (κ1) is 14.4. The van der Waals surface area contributed by atoms with Gasteiger partial charge in [0.05, 0.1) is 16.9 Å². The zero-order chi connectivity index (χ0) is 13.7. The third-order valence-electron chi connectivity index (χ3n) is 2.94. The van der Waals surface area contributed by atoms with Crippen molar-refractivity contribution in [3.8, 4) is 11.3 Å².